The number of amides is 3. The van der Waals surface area contributed by atoms with Gasteiger partial charge in [-0.15, -0.1) is 0 Å². The van der Waals surface area contributed by atoms with E-state index in [0.717, 1.165) is 18.4 Å². The number of benzene rings is 2. The Bertz CT molecular complexity index is 1020. The Morgan fingerprint density at radius 2 is 1.88 bits per heavy atom. The number of carbonyl (C=O) groups is 3. The Balaban J connectivity index is 1.55. The monoisotopic (exact) mass is 438 g/mol. The van der Waals surface area contributed by atoms with Gasteiger partial charge in [0.15, 0.2) is 18.1 Å². The first-order chi connectivity index (χ1) is 15.4. The minimum atomic E-state index is -0.822. The normalized spacial score (nSPS) is 12.8. The number of carbonyl (C=O) groups excluding carboxylic acids is 3. The van der Waals surface area contributed by atoms with Crippen molar-refractivity contribution in [2.45, 2.75) is 32.7 Å². The van der Waals surface area contributed by atoms with Gasteiger partial charge in [-0.2, -0.15) is 5.10 Å². The number of hydrogen-bond donors (Lipinski definition) is 3. The van der Waals surface area contributed by atoms with Gasteiger partial charge in [-0.1, -0.05) is 12.1 Å². The second-order valence-corrected chi connectivity index (χ2v) is 7.29. The number of nitrogens with zero attached hydrogens (tertiary/aromatic N) is 1. The Labute approximate surface area is 186 Å². The van der Waals surface area contributed by atoms with Gasteiger partial charge in [-0.3, -0.25) is 14.4 Å². The molecule has 0 bridgehead atoms. The molecule has 0 saturated heterocycles. The Hall–Kier alpha value is -3.88. The van der Waals surface area contributed by atoms with Gasteiger partial charge in [0, 0.05) is 11.7 Å². The molecule has 3 N–H and O–H groups in total. The Morgan fingerprint density at radius 1 is 1.06 bits per heavy atom. The minimum Gasteiger partial charge on any atom is -0.490 e. The van der Waals surface area contributed by atoms with Gasteiger partial charge in [0.05, 0.1) is 12.8 Å². The van der Waals surface area contributed by atoms with Gasteiger partial charge in [0.25, 0.3) is 5.91 Å². The second kappa shape index (κ2) is 10.9. The zero-order chi connectivity index (χ0) is 22.9. The zero-order valence-electron chi connectivity index (χ0n) is 18.0. The maximum Gasteiger partial charge on any atom is 0.329 e. The van der Waals surface area contributed by atoms with Crippen LogP contribution in [-0.4, -0.2) is 43.2 Å². The lowest BCUT2D eigenvalue weighted by Crippen LogP contribution is -2.38. The summed E-state index contributed by atoms with van der Waals surface area (Å²) in [4.78, 5) is 35.5. The van der Waals surface area contributed by atoms with Crippen LogP contribution in [0.4, 0.5) is 5.69 Å². The molecule has 3 amide bonds. The maximum absolute atomic E-state index is 12.2. The molecule has 1 fully saturated rings. The highest BCUT2D eigenvalue weighted by molar-refractivity contribution is 6.35. The number of rotatable bonds is 9. The highest BCUT2D eigenvalue weighted by atomic mass is 16.5. The first kappa shape index (κ1) is 22.8. The van der Waals surface area contributed by atoms with E-state index in [-0.39, 0.29) is 18.6 Å². The van der Waals surface area contributed by atoms with E-state index in [1.807, 2.05) is 32.0 Å². The van der Waals surface area contributed by atoms with E-state index in [1.54, 1.807) is 24.3 Å². The van der Waals surface area contributed by atoms with Crippen LogP contribution in [0.15, 0.2) is 47.6 Å². The van der Waals surface area contributed by atoms with Crippen molar-refractivity contribution in [3.05, 3.63) is 53.6 Å². The molecular formula is C23H26N4O5. The molecule has 0 radical (unpaired) electrons. The first-order valence-electron chi connectivity index (χ1n) is 10.3. The third-order valence-corrected chi connectivity index (χ3v) is 4.43. The van der Waals surface area contributed by atoms with Crippen molar-refractivity contribution in [2.24, 2.45) is 5.10 Å². The van der Waals surface area contributed by atoms with Crippen LogP contribution >= 0.6 is 0 Å². The molecule has 0 atom stereocenters. The summed E-state index contributed by atoms with van der Waals surface area (Å²) in [5.74, 6) is -0.991. The van der Waals surface area contributed by atoms with Crippen LogP contribution in [0, 0.1) is 6.92 Å². The van der Waals surface area contributed by atoms with E-state index in [4.69, 9.17) is 9.47 Å². The van der Waals surface area contributed by atoms with E-state index in [2.05, 4.69) is 21.2 Å². The minimum absolute atomic E-state index is 0.0948. The van der Waals surface area contributed by atoms with Crippen molar-refractivity contribution in [2.75, 3.05) is 18.5 Å². The van der Waals surface area contributed by atoms with Crippen molar-refractivity contribution in [1.82, 2.24) is 10.7 Å². The molecule has 1 saturated carbocycles. The summed E-state index contributed by atoms with van der Waals surface area (Å²) in [5.41, 5.74) is 4.55. The highest BCUT2D eigenvalue weighted by Crippen LogP contribution is 2.28. The van der Waals surface area contributed by atoms with Crippen LogP contribution in [0.3, 0.4) is 0 Å². The van der Waals surface area contributed by atoms with Gasteiger partial charge in [0.1, 0.15) is 0 Å². The Kier molecular flexibility index (Phi) is 7.80. The second-order valence-electron chi connectivity index (χ2n) is 7.29. The average molecular weight is 438 g/mol. The van der Waals surface area contributed by atoms with E-state index >= 15 is 0 Å². The lowest BCUT2D eigenvalue weighted by atomic mass is 10.2. The number of hydrazone groups is 1. The van der Waals surface area contributed by atoms with Crippen LogP contribution < -0.4 is 25.5 Å². The molecule has 1 aliphatic rings. The first-order valence-corrected chi connectivity index (χ1v) is 10.3. The van der Waals surface area contributed by atoms with Crippen LogP contribution in [0.5, 0.6) is 11.5 Å². The quantitative estimate of drug-likeness (QED) is 0.315. The van der Waals surface area contributed by atoms with Gasteiger partial charge < -0.3 is 20.1 Å². The van der Waals surface area contributed by atoms with Crippen LogP contribution in [0.2, 0.25) is 0 Å². The van der Waals surface area contributed by atoms with Crippen LogP contribution in [-0.2, 0) is 14.4 Å². The van der Waals surface area contributed by atoms with Gasteiger partial charge in [-0.05, 0) is 68.1 Å². The van der Waals surface area contributed by atoms with Crippen molar-refractivity contribution >= 4 is 29.6 Å². The SMILES string of the molecule is CCOc1cc(/C=N\NC(=O)C(=O)NC2CC2)ccc1OCC(=O)Nc1cccc(C)c1. The molecule has 3 rings (SSSR count). The summed E-state index contributed by atoms with van der Waals surface area (Å²) >= 11 is 0. The maximum atomic E-state index is 12.2. The molecule has 0 aliphatic heterocycles. The fraction of sp³-hybridized carbons (Fsp3) is 0.304. The predicted octanol–water partition coefficient (Wildman–Crippen LogP) is 2.14. The standard InChI is InChI=1S/C23H26N4O5/c1-3-31-20-12-16(13-24-27-23(30)22(29)26-17-8-9-17)7-10-19(20)32-14-21(28)25-18-6-4-5-15(2)11-18/h4-7,10-13,17H,3,8-9,14H2,1-2H3,(H,25,28)(H,26,29)(H,27,30)/b24-13-. The number of aryl methyl sites for hydroxylation is 1. The molecular weight excluding hydrogens is 412 g/mol. The van der Waals surface area contributed by atoms with E-state index in [9.17, 15) is 14.4 Å². The highest BCUT2D eigenvalue weighted by Gasteiger charge is 2.26. The van der Waals surface area contributed by atoms with Gasteiger partial charge >= 0.3 is 11.8 Å². The zero-order valence-corrected chi connectivity index (χ0v) is 18.0. The van der Waals surface area contributed by atoms with Gasteiger partial charge in [0.2, 0.25) is 0 Å². The van der Waals surface area contributed by atoms with Crippen LogP contribution in [0.25, 0.3) is 0 Å². The number of hydrogen-bond acceptors (Lipinski definition) is 6. The van der Waals surface area contributed by atoms with Crippen molar-refractivity contribution in [1.29, 1.82) is 0 Å². The largest absolute Gasteiger partial charge is 0.490 e. The molecule has 0 heterocycles. The topological polar surface area (TPSA) is 118 Å². The molecule has 168 valence electrons. The summed E-state index contributed by atoms with van der Waals surface area (Å²) in [6, 6.07) is 12.6. The number of anilines is 1. The van der Waals surface area contributed by atoms with Crippen LogP contribution in [0.1, 0.15) is 30.9 Å². The lowest BCUT2D eigenvalue weighted by molar-refractivity contribution is -0.139. The number of nitrogens with one attached hydrogen (secondary N) is 3. The lowest BCUT2D eigenvalue weighted by Gasteiger charge is -2.13. The molecule has 0 spiro atoms. The average Bonchev–Trinajstić information content (AvgIpc) is 3.57. The molecule has 9 heteroatoms. The third kappa shape index (κ3) is 7.12. The van der Waals surface area contributed by atoms with E-state index in [1.165, 1.54) is 6.21 Å². The summed E-state index contributed by atoms with van der Waals surface area (Å²) in [5, 5.41) is 9.17. The van der Waals surface area contributed by atoms with Crippen molar-refractivity contribution in [3.63, 3.8) is 0 Å². The molecule has 0 unspecified atom stereocenters. The third-order valence-electron chi connectivity index (χ3n) is 4.43. The van der Waals surface area contributed by atoms with E-state index < -0.39 is 11.8 Å². The van der Waals surface area contributed by atoms with Gasteiger partial charge in [-0.25, -0.2) is 5.43 Å². The molecule has 32 heavy (non-hydrogen) atoms. The van der Waals surface area contributed by atoms with E-state index in [0.29, 0.717) is 29.4 Å². The Morgan fingerprint density at radius 3 is 2.59 bits per heavy atom. The fourth-order valence-corrected chi connectivity index (χ4v) is 2.75. The predicted molar refractivity (Wildman–Crippen MR) is 120 cm³/mol. The van der Waals surface area contributed by atoms with Crippen molar-refractivity contribution in [3.8, 4) is 11.5 Å². The summed E-state index contributed by atoms with van der Waals surface area (Å²) in [6.07, 6.45) is 3.17. The number of ether oxygens (including phenoxy) is 2. The van der Waals surface area contributed by atoms with Crippen molar-refractivity contribution < 1.29 is 23.9 Å². The molecule has 2 aromatic carbocycles. The molecule has 0 aromatic heterocycles. The summed E-state index contributed by atoms with van der Waals surface area (Å²) < 4.78 is 11.2. The molecule has 2 aromatic rings. The molecule has 9 nitrogen and oxygen atoms in total. The molecule has 1 aliphatic carbocycles. The summed E-state index contributed by atoms with van der Waals surface area (Å²) in [7, 11) is 0. The fourth-order valence-electron chi connectivity index (χ4n) is 2.75. The summed E-state index contributed by atoms with van der Waals surface area (Å²) in [6.45, 7) is 3.98. The smallest absolute Gasteiger partial charge is 0.329 e.